The predicted octanol–water partition coefficient (Wildman–Crippen LogP) is 1.75. The third-order valence-electron chi connectivity index (χ3n) is 1.15. The molecule has 52 valence electrons. The molecule has 0 spiro atoms. The summed E-state index contributed by atoms with van der Waals surface area (Å²) in [4.78, 5) is 3.95. The SMILES string of the molecule is C/N=C(\C=N)C(C)(C)C. The minimum atomic E-state index is 0.0243. The van der Waals surface area contributed by atoms with Crippen molar-refractivity contribution < 1.29 is 0 Å². The zero-order valence-corrected chi connectivity index (χ0v) is 6.52. The van der Waals surface area contributed by atoms with E-state index >= 15 is 0 Å². The van der Waals surface area contributed by atoms with Crippen LogP contribution in [-0.2, 0) is 0 Å². The first-order valence-corrected chi connectivity index (χ1v) is 3.00. The van der Waals surface area contributed by atoms with Gasteiger partial charge in [0.25, 0.3) is 0 Å². The predicted molar refractivity (Wildman–Crippen MR) is 41.6 cm³/mol. The number of hydrogen-bond acceptors (Lipinski definition) is 2. The van der Waals surface area contributed by atoms with Crippen molar-refractivity contribution in [3.05, 3.63) is 0 Å². The molecule has 2 heteroatoms. The van der Waals surface area contributed by atoms with Crippen molar-refractivity contribution in [2.75, 3.05) is 7.05 Å². The summed E-state index contributed by atoms with van der Waals surface area (Å²) in [7, 11) is 1.71. The van der Waals surface area contributed by atoms with Gasteiger partial charge in [-0.2, -0.15) is 0 Å². The largest absolute Gasteiger partial charge is 0.307 e. The molecule has 0 radical (unpaired) electrons. The summed E-state index contributed by atoms with van der Waals surface area (Å²) in [6.07, 6.45) is 1.31. The molecule has 0 amide bonds. The molecule has 1 N–H and O–H groups in total. The van der Waals surface area contributed by atoms with E-state index in [9.17, 15) is 0 Å². The van der Waals surface area contributed by atoms with E-state index in [-0.39, 0.29) is 5.41 Å². The van der Waals surface area contributed by atoms with Crippen molar-refractivity contribution in [2.45, 2.75) is 20.8 Å². The highest BCUT2D eigenvalue weighted by Gasteiger charge is 2.14. The van der Waals surface area contributed by atoms with E-state index in [0.717, 1.165) is 5.71 Å². The fourth-order valence-corrected chi connectivity index (χ4v) is 0.616. The van der Waals surface area contributed by atoms with Gasteiger partial charge in [0.2, 0.25) is 0 Å². The molecule has 0 rings (SSSR count). The molecule has 0 unspecified atom stereocenters. The van der Waals surface area contributed by atoms with Crippen molar-refractivity contribution >= 4 is 11.9 Å². The van der Waals surface area contributed by atoms with E-state index in [0.29, 0.717) is 0 Å². The lowest BCUT2D eigenvalue weighted by molar-refractivity contribution is 0.597. The number of nitrogens with one attached hydrogen (secondary N) is 1. The van der Waals surface area contributed by atoms with Crippen LogP contribution in [0.1, 0.15) is 20.8 Å². The molecule has 0 aliphatic heterocycles. The quantitative estimate of drug-likeness (QED) is 0.520. The van der Waals surface area contributed by atoms with Crippen molar-refractivity contribution in [1.29, 1.82) is 5.41 Å². The molecule has 9 heavy (non-hydrogen) atoms. The van der Waals surface area contributed by atoms with Gasteiger partial charge in [0.1, 0.15) is 0 Å². The van der Waals surface area contributed by atoms with E-state index in [2.05, 4.69) is 4.99 Å². The normalized spacial score (nSPS) is 13.6. The zero-order valence-electron chi connectivity index (χ0n) is 6.52. The summed E-state index contributed by atoms with van der Waals surface area (Å²) < 4.78 is 0. The van der Waals surface area contributed by atoms with Gasteiger partial charge in [0.15, 0.2) is 0 Å². The fraction of sp³-hybridized carbons (Fsp3) is 0.714. The van der Waals surface area contributed by atoms with Crippen LogP contribution in [0.5, 0.6) is 0 Å². The van der Waals surface area contributed by atoms with Crippen LogP contribution in [0.2, 0.25) is 0 Å². The Balaban J connectivity index is 4.32. The molecule has 0 saturated carbocycles. The van der Waals surface area contributed by atoms with E-state index in [4.69, 9.17) is 5.41 Å². The van der Waals surface area contributed by atoms with Crippen LogP contribution in [0, 0.1) is 10.8 Å². The van der Waals surface area contributed by atoms with Crippen molar-refractivity contribution in [2.24, 2.45) is 10.4 Å². The molecule has 0 bridgehead atoms. The maximum Gasteiger partial charge on any atom is 0.0573 e. The molecule has 0 fully saturated rings. The van der Waals surface area contributed by atoms with Crippen LogP contribution < -0.4 is 0 Å². The Morgan fingerprint density at radius 2 is 1.89 bits per heavy atom. The Bertz CT molecular complexity index is 128. The van der Waals surface area contributed by atoms with Gasteiger partial charge in [-0.3, -0.25) is 4.99 Å². The smallest absolute Gasteiger partial charge is 0.0573 e. The standard InChI is InChI=1S/C7H14N2/c1-7(2,3)6(5-8)9-4/h5,8H,1-4H3/b8-5?,9-6+. The minimum absolute atomic E-state index is 0.0243. The molecule has 0 aromatic rings. The summed E-state index contributed by atoms with van der Waals surface area (Å²) in [5.74, 6) is 0. The second kappa shape index (κ2) is 2.76. The van der Waals surface area contributed by atoms with Gasteiger partial charge in [-0.15, -0.1) is 0 Å². The average molecular weight is 126 g/mol. The van der Waals surface area contributed by atoms with Crippen molar-refractivity contribution in [3.63, 3.8) is 0 Å². The molecular formula is C7H14N2. The first kappa shape index (κ1) is 8.34. The highest BCUT2D eigenvalue weighted by Crippen LogP contribution is 2.13. The number of hydrogen-bond donors (Lipinski definition) is 1. The van der Waals surface area contributed by atoms with E-state index < -0.39 is 0 Å². The molecule has 0 aromatic carbocycles. The molecule has 0 aliphatic rings. The molecule has 2 nitrogen and oxygen atoms in total. The average Bonchev–Trinajstić information content (AvgIpc) is 1.65. The maximum atomic E-state index is 6.96. The number of rotatable bonds is 1. The lowest BCUT2D eigenvalue weighted by Crippen LogP contribution is -2.20. The summed E-state index contributed by atoms with van der Waals surface area (Å²) in [5, 5.41) is 6.96. The van der Waals surface area contributed by atoms with E-state index in [1.54, 1.807) is 7.05 Å². The third kappa shape index (κ3) is 2.40. The Morgan fingerprint density at radius 3 is 1.89 bits per heavy atom. The summed E-state index contributed by atoms with van der Waals surface area (Å²) in [5.41, 5.74) is 0.860. The highest BCUT2D eigenvalue weighted by molar-refractivity contribution is 6.31. The van der Waals surface area contributed by atoms with Gasteiger partial charge in [-0.1, -0.05) is 20.8 Å². The molecular weight excluding hydrogens is 112 g/mol. The Labute approximate surface area is 56.5 Å². The molecule has 0 atom stereocenters. The highest BCUT2D eigenvalue weighted by atomic mass is 14.7. The number of aliphatic imine (C=N–C) groups is 1. The monoisotopic (exact) mass is 126 g/mol. The lowest BCUT2D eigenvalue weighted by Gasteiger charge is -2.16. The Morgan fingerprint density at radius 1 is 1.44 bits per heavy atom. The van der Waals surface area contributed by atoms with Gasteiger partial charge < -0.3 is 5.41 Å². The molecule has 0 aliphatic carbocycles. The van der Waals surface area contributed by atoms with Gasteiger partial charge in [-0.25, -0.2) is 0 Å². The van der Waals surface area contributed by atoms with Crippen LogP contribution in [0.3, 0.4) is 0 Å². The van der Waals surface area contributed by atoms with Gasteiger partial charge in [0.05, 0.1) is 5.71 Å². The first-order chi connectivity index (χ1) is 4.02. The summed E-state index contributed by atoms with van der Waals surface area (Å²) >= 11 is 0. The third-order valence-corrected chi connectivity index (χ3v) is 1.15. The van der Waals surface area contributed by atoms with Crippen LogP contribution in [-0.4, -0.2) is 19.0 Å². The lowest BCUT2D eigenvalue weighted by atomic mass is 9.91. The second-order valence-corrected chi connectivity index (χ2v) is 3.00. The van der Waals surface area contributed by atoms with E-state index in [1.165, 1.54) is 6.21 Å². The van der Waals surface area contributed by atoms with Crippen molar-refractivity contribution in [1.82, 2.24) is 0 Å². The van der Waals surface area contributed by atoms with Gasteiger partial charge in [-0.05, 0) is 0 Å². The van der Waals surface area contributed by atoms with E-state index in [1.807, 2.05) is 20.8 Å². The van der Waals surface area contributed by atoms with Crippen LogP contribution >= 0.6 is 0 Å². The Hall–Kier alpha value is -0.660. The van der Waals surface area contributed by atoms with Crippen LogP contribution in [0.15, 0.2) is 4.99 Å². The minimum Gasteiger partial charge on any atom is -0.307 e. The number of nitrogens with zero attached hydrogens (tertiary/aromatic N) is 1. The van der Waals surface area contributed by atoms with Gasteiger partial charge in [0, 0.05) is 18.7 Å². The summed E-state index contributed by atoms with van der Waals surface area (Å²) in [6.45, 7) is 6.13. The molecule has 0 saturated heterocycles. The fourth-order valence-electron chi connectivity index (χ4n) is 0.616. The van der Waals surface area contributed by atoms with Crippen LogP contribution in [0.25, 0.3) is 0 Å². The topological polar surface area (TPSA) is 36.2 Å². The molecule has 0 aromatic heterocycles. The van der Waals surface area contributed by atoms with Crippen molar-refractivity contribution in [3.8, 4) is 0 Å². The zero-order chi connectivity index (χ0) is 7.49. The molecule has 0 heterocycles. The van der Waals surface area contributed by atoms with Crippen LogP contribution in [0.4, 0.5) is 0 Å². The summed E-state index contributed by atoms with van der Waals surface area (Å²) in [6, 6.07) is 0. The first-order valence-electron chi connectivity index (χ1n) is 3.00. The second-order valence-electron chi connectivity index (χ2n) is 3.00. The van der Waals surface area contributed by atoms with Gasteiger partial charge >= 0.3 is 0 Å². The Kier molecular flexibility index (Phi) is 2.56. The maximum absolute atomic E-state index is 6.96.